The lowest BCUT2D eigenvalue weighted by atomic mass is 10.1. The van der Waals surface area contributed by atoms with E-state index < -0.39 is 5.78 Å². The molecule has 0 aliphatic rings. The SMILES string of the molecule is C#Cc1cccc(CC(=O)C#N)c1. The molecule has 2 nitrogen and oxygen atoms in total. The van der Waals surface area contributed by atoms with Crippen LogP contribution in [0.15, 0.2) is 24.3 Å². The fraction of sp³-hybridized carbons (Fsp3) is 0.0909. The Bertz CT molecular complexity index is 407. The Morgan fingerprint density at radius 2 is 2.31 bits per heavy atom. The second-order valence-corrected chi connectivity index (χ2v) is 2.56. The van der Waals surface area contributed by atoms with Crippen molar-refractivity contribution in [2.45, 2.75) is 6.42 Å². The predicted molar refractivity (Wildman–Crippen MR) is 48.7 cm³/mol. The molecule has 62 valence electrons. The van der Waals surface area contributed by atoms with Gasteiger partial charge in [-0.05, 0) is 17.7 Å². The molecule has 1 aromatic carbocycles. The van der Waals surface area contributed by atoms with Crippen LogP contribution in [0.25, 0.3) is 0 Å². The number of ketones is 1. The summed E-state index contributed by atoms with van der Waals surface area (Å²) in [5.74, 6) is 2.01. The van der Waals surface area contributed by atoms with Gasteiger partial charge in [0.2, 0.25) is 5.78 Å². The Hall–Kier alpha value is -2.06. The Morgan fingerprint density at radius 3 is 2.92 bits per heavy atom. The highest BCUT2D eigenvalue weighted by Gasteiger charge is 2.01. The second-order valence-electron chi connectivity index (χ2n) is 2.56. The van der Waals surface area contributed by atoms with E-state index in [1.54, 1.807) is 30.3 Å². The van der Waals surface area contributed by atoms with Gasteiger partial charge in [0.25, 0.3) is 0 Å². The van der Waals surface area contributed by atoms with Gasteiger partial charge in [-0.25, -0.2) is 0 Å². The molecule has 1 rings (SSSR count). The molecule has 0 saturated heterocycles. The van der Waals surface area contributed by atoms with Crippen molar-refractivity contribution in [1.82, 2.24) is 0 Å². The fourth-order valence-corrected chi connectivity index (χ4v) is 0.996. The third-order valence-corrected chi connectivity index (χ3v) is 1.58. The molecule has 0 radical (unpaired) electrons. The van der Waals surface area contributed by atoms with Crippen molar-refractivity contribution in [3.63, 3.8) is 0 Å². The maximum absolute atomic E-state index is 10.8. The summed E-state index contributed by atoms with van der Waals surface area (Å²) in [5, 5.41) is 8.28. The molecule has 0 aliphatic carbocycles. The molecule has 0 heterocycles. The average molecular weight is 169 g/mol. The highest BCUT2D eigenvalue weighted by atomic mass is 16.1. The summed E-state index contributed by atoms with van der Waals surface area (Å²) in [6.45, 7) is 0. The summed E-state index contributed by atoms with van der Waals surface area (Å²) >= 11 is 0. The molecule has 0 spiro atoms. The van der Waals surface area contributed by atoms with Crippen LogP contribution in [0.4, 0.5) is 0 Å². The molecule has 0 unspecified atom stereocenters. The van der Waals surface area contributed by atoms with Gasteiger partial charge in [-0.3, -0.25) is 4.79 Å². The zero-order valence-electron chi connectivity index (χ0n) is 6.95. The highest BCUT2D eigenvalue weighted by Crippen LogP contribution is 2.04. The van der Waals surface area contributed by atoms with Crippen LogP contribution in [0.1, 0.15) is 11.1 Å². The van der Waals surface area contributed by atoms with E-state index in [9.17, 15) is 4.79 Å². The van der Waals surface area contributed by atoms with Gasteiger partial charge >= 0.3 is 0 Å². The van der Waals surface area contributed by atoms with Gasteiger partial charge in [0, 0.05) is 12.0 Å². The lowest BCUT2D eigenvalue weighted by Gasteiger charge is -1.96. The zero-order chi connectivity index (χ0) is 9.68. The van der Waals surface area contributed by atoms with Crippen LogP contribution < -0.4 is 0 Å². The zero-order valence-corrected chi connectivity index (χ0v) is 6.95. The normalized spacial score (nSPS) is 8.46. The molecule has 0 saturated carbocycles. The van der Waals surface area contributed by atoms with Crippen molar-refractivity contribution >= 4 is 5.78 Å². The molecule has 0 aliphatic heterocycles. The minimum Gasteiger partial charge on any atom is -0.282 e. The summed E-state index contributed by atoms with van der Waals surface area (Å²) in [6.07, 6.45) is 5.31. The number of nitriles is 1. The molecule has 0 bridgehead atoms. The number of benzene rings is 1. The lowest BCUT2D eigenvalue weighted by molar-refractivity contribution is -0.113. The van der Waals surface area contributed by atoms with E-state index in [1.807, 2.05) is 0 Å². The summed E-state index contributed by atoms with van der Waals surface area (Å²) in [5.41, 5.74) is 1.50. The van der Waals surface area contributed by atoms with Crippen LogP contribution in [0.5, 0.6) is 0 Å². The number of Topliss-reactive ketones (excluding diaryl/α,β-unsaturated/α-hetero) is 1. The smallest absolute Gasteiger partial charge is 0.236 e. The highest BCUT2D eigenvalue weighted by molar-refractivity contribution is 5.94. The predicted octanol–water partition coefficient (Wildman–Crippen LogP) is 1.30. The number of carbonyl (C=O) groups excluding carboxylic acids is 1. The first-order valence-electron chi connectivity index (χ1n) is 3.74. The van der Waals surface area contributed by atoms with Gasteiger partial charge < -0.3 is 0 Å². The van der Waals surface area contributed by atoms with Crippen molar-refractivity contribution in [1.29, 1.82) is 5.26 Å². The summed E-state index contributed by atoms with van der Waals surface area (Å²) < 4.78 is 0. The van der Waals surface area contributed by atoms with Crippen molar-refractivity contribution < 1.29 is 4.79 Å². The van der Waals surface area contributed by atoms with Gasteiger partial charge in [0.15, 0.2) is 0 Å². The first kappa shape index (κ1) is 9.03. The lowest BCUT2D eigenvalue weighted by Crippen LogP contribution is -1.98. The number of carbonyl (C=O) groups is 1. The standard InChI is InChI=1S/C11H7NO/c1-2-9-4-3-5-10(6-9)7-11(13)8-12/h1,3-6H,7H2. The minimum absolute atomic E-state index is 0.131. The molecule has 0 aromatic heterocycles. The number of nitrogens with zero attached hydrogens (tertiary/aromatic N) is 1. The monoisotopic (exact) mass is 169 g/mol. The first-order valence-corrected chi connectivity index (χ1v) is 3.74. The summed E-state index contributed by atoms with van der Waals surface area (Å²) in [6, 6.07) is 8.62. The van der Waals surface area contributed by atoms with Crippen LogP contribution in [-0.4, -0.2) is 5.78 Å². The molecule has 0 fully saturated rings. The summed E-state index contributed by atoms with van der Waals surface area (Å²) in [4.78, 5) is 10.8. The largest absolute Gasteiger partial charge is 0.282 e. The Balaban J connectivity index is 2.87. The van der Waals surface area contributed by atoms with E-state index in [0.717, 1.165) is 11.1 Å². The van der Waals surface area contributed by atoms with Crippen LogP contribution >= 0.6 is 0 Å². The van der Waals surface area contributed by atoms with Crippen LogP contribution in [0.2, 0.25) is 0 Å². The molecular formula is C11H7NO. The fourth-order valence-electron chi connectivity index (χ4n) is 0.996. The van der Waals surface area contributed by atoms with Crippen LogP contribution in [0, 0.1) is 23.7 Å². The van der Waals surface area contributed by atoms with Gasteiger partial charge in [-0.1, -0.05) is 18.1 Å². The summed E-state index contributed by atoms with van der Waals surface area (Å²) in [7, 11) is 0. The van der Waals surface area contributed by atoms with Crippen molar-refractivity contribution in [2.75, 3.05) is 0 Å². The molecule has 0 amide bonds. The van der Waals surface area contributed by atoms with E-state index in [0.29, 0.717) is 0 Å². The minimum atomic E-state index is -0.450. The van der Waals surface area contributed by atoms with E-state index in [2.05, 4.69) is 5.92 Å². The van der Waals surface area contributed by atoms with E-state index in [-0.39, 0.29) is 6.42 Å². The molecular weight excluding hydrogens is 162 g/mol. The molecule has 2 heteroatoms. The topological polar surface area (TPSA) is 40.9 Å². The van der Waals surface area contributed by atoms with Crippen LogP contribution in [0.3, 0.4) is 0 Å². The van der Waals surface area contributed by atoms with Crippen molar-refractivity contribution in [3.05, 3.63) is 35.4 Å². The van der Waals surface area contributed by atoms with E-state index in [1.165, 1.54) is 0 Å². The average Bonchev–Trinajstić information content (AvgIpc) is 2.18. The van der Waals surface area contributed by atoms with Gasteiger partial charge in [0.1, 0.15) is 6.07 Å². The molecule has 0 N–H and O–H groups in total. The number of hydrogen-bond donors (Lipinski definition) is 0. The first-order chi connectivity index (χ1) is 6.26. The molecule has 1 aromatic rings. The van der Waals surface area contributed by atoms with E-state index >= 15 is 0 Å². The molecule has 0 atom stereocenters. The third kappa shape index (κ3) is 2.47. The van der Waals surface area contributed by atoms with Gasteiger partial charge in [-0.2, -0.15) is 5.26 Å². The Kier molecular flexibility index (Phi) is 2.84. The Labute approximate surface area is 76.8 Å². The van der Waals surface area contributed by atoms with Gasteiger partial charge in [-0.15, -0.1) is 6.42 Å². The Morgan fingerprint density at radius 1 is 1.54 bits per heavy atom. The second kappa shape index (κ2) is 4.09. The number of hydrogen-bond acceptors (Lipinski definition) is 2. The van der Waals surface area contributed by atoms with E-state index in [4.69, 9.17) is 11.7 Å². The number of rotatable bonds is 2. The third-order valence-electron chi connectivity index (χ3n) is 1.58. The van der Waals surface area contributed by atoms with Crippen molar-refractivity contribution in [2.24, 2.45) is 0 Å². The maximum Gasteiger partial charge on any atom is 0.236 e. The van der Waals surface area contributed by atoms with Gasteiger partial charge in [0.05, 0.1) is 0 Å². The van der Waals surface area contributed by atoms with Crippen molar-refractivity contribution in [3.8, 4) is 18.4 Å². The number of terminal acetylenes is 1. The maximum atomic E-state index is 10.8. The quantitative estimate of drug-likeness (QED) is 0.494. The van der Waals surface area contributed by atoms with Crippen LogP contribution in [-0.2, 0) is 11.2 Å². The molecule has 13 heavy (non-hydrogen) atoms.